The van der Waals surface area contributed by atoms with Crippen LogP contribution in [-0.2, 0) is 6.54 Å². The molecule has 0 fully saturated rings. The quantitative estimate of drug-likeness (QED) is 0.486. The lowest BCUT2D eigenvalue weighted by Crippen LogP contribution is -2.63. The van der Waals surface area contributed by atoms with Gasteiger partial charge in [0.05, 0.1) is 4.92 Å². The molecule has 0 aliphatic heterocycles. The van der Waals surface area contributed by atoms with Crippen molar-refractivity contribution in [3.63, 3.8) is 0 Å². The van der Waals surface area contributed by atoms with Crippen molar-refractivity contribution in [1.82, 2.24) is 0 Å². The molecule has 0 bridgehead atoms. The van der Waals surface area contributed by atoms with Gasteiger partial charge in [-0.3, -0.25) is 10.1 Å². The summed E-state index contributed by atoms with van der Waals surface area (Å²) in [5, 5.41) is 37.9. The number of azo groups is 1. The largest absolute Gasteiger partial charge is 0.870 e. The summed E-state index contributed by atoms with van der Waals surface area (Å²) >= 11 is 0. The summed E-state index contributed by atoms with van der Waals surface area (Å²) in [6.07, 6.45) is 0. The molecule has 102 valence electrons. The van der Waals surface area contributed by atoms with Crippen LogP contribution in [0, 0.1) is 10.1 Å². The number of nitro benzene ring substituents is 1. The van der Waals surface area contributed by atoms with E-state index in [1.807, 2.05) is 0 Å². The van der Waals surface area contributed by atoms with E-state index in [1.165, 1.54) is 30.3 Å². The Balaban J connectivity index is 2.06. The van der Waals surface area contributed by atoms with Crippen molar-refractivity contribution in [2.75, 3.05) is 0 Å². The van der Waals surface area contributed by atoms with E-state index < -0.39 is 10.7 Å². The van der Waals surface area contributed by atoms with Crippen molar-refractivity contribution < 1.29 is 20.3 Å². The second kappa shape index (κ2) is 5.79. The summed E-state index contributed by atoms with van der Waals surface area (Å²) in [5.41, 5.74) is 0.873. The molecular weight excluding hydrogens is 262 g/mol. The average Bonchev–Trinajstić information content (AvgIpc) is 2.44. The molecule has 0 aliphatic rings. The number of para-hydroxylation sites is 1. The minimum Gasteiger partial charge on any atom is -0.870 e. The molecule has 2 rings (SSSR count). The van der Waals surface area contributed by atoms with Crippen LogP contribution in [0.15, 0.2) is 47.6 Å². The van der Waals surface area contributed by atoms with Gasteiger partial charge < -0.3 is 10.2 Å². The van der Waals surface area contributed by atoms with Gasteiger partial charge >= 0.3 is 0 Å². The van der Waals surface area contributed by atoms with Crippen LogP contribution in [0.25, 0.3) is 0 Å². The lowest BCUT2D eigenvalue weighted by atomic mass is 10.2. The molecule has 0 radical (unpaired) electrons. The zero-order chi connectivity index (χ0) is 14.5. The summed E-state index contributed by atoms with van der Waals surface area (Å²) < 4.78 is 0. The summed E-state index contributed by atoms with van der Waals surface area (Å²) in [6, 6.07) is 10.1. The van der Waals surface area contributed by atoms with E-state index in [2.05, 4.69) is 10.2 Å². The molecule has 0 spiro atoms. The van der Waals surface area contributed by atoms with Gasteiger partial charge in [0.15, 0.2) is 6.54 Å². The van der Waals surface area contributed by atoms with Gasteiger partial charge in [-0.05, 0) is 23.3 Å². The van der Waals surface area contributed by atoms with Crippen LogP contribution in [0.3, 0.4) is 0 Å². The maximum absolute atomic E-state index is 11.5. The van der Waals surface area contributed by atoms with E-state index >= 15 is 0 Å². The third-order valence-electron chi connectivity index (χ3n) is 2.61. The molecular formula is C13H11N3O4. The number of rotatable bonds is 4. The first kappa shape index (κ1) is 13.5. The van der Waals surface area contributed by atoms with Crippen molar-refractivity contribution in [3.8, 4) is 11.5 Å². The molecule has 0 heterocycles. The Morgan fingerprint density at radius 1 is 1.20 bits per heavy atom. The van der Waals surface area contributed by atoms with Gasteiger partial charge in [0.2, 0.25) is 0 Å². The Kier molecular flexibility index (Phi) is 3.90. The molecule has 0 atom stereocenters. The number of nitro groups is 1. The van der Waals surface area contributed by atoms with Gasteiger partial charge in [0.1, 0.15) is 11.4 Å². The topological polar surface area (TPSA) is 113 Å². The van der Waals surface area contributed by atoms with Crippen molar-refractivity contribution in [2.24, 2.45) is 5.11 Å². The fourth-order valence-electron chi connectivity index (χ4n) is 1.58. The number of benzene rings is 2. The highest BCUT2D eigenvalue weighted by Crippen LogP contribution is 2.24. The summed E-state index contributed by atoms with van der Waals surface area (Å²) in [4.78, 5) is 9.99. The predicted molar refractivity (Wildman–Crippen MR) is 67.4 cm³/mol. The second-order valence-corrected chi connectivity index (χ2v) is 3.99. The standard InChI is InChI=1S/C13H11N3O4/c17-12-3-1-2-9(13(12)18)8-14-15-10-4-6-11(7-5-10)16(19)20/h1-7,17-18H,8H2. The van der Waals surface area contributed by atoms with E-state index in [9.17, 15) is 20.3 Å². The minimum absolute atomic E-state index is 0.0150. The first-order valence-corrected chi connectivity index (χ1v) is 5.74. The van der Waals surface area contributed by atoms with Crippen LogP contribution < -0.4 is 10.2 Å². The van der Waals surface area contributed by atoms with Gasteiger partial charge in [-0.2, -0.15) is 0 Å². The molecule has 0 saturated heterocycles. The van der Waals surface area contributed by atoms with E-state index in [0.29, 0.717) is 11.3 Å². The molecule has 0 aromatic heterocycles. The zero-order valence-electron chi connectivity index (χ0n) is 10.3. The van der Waals surface area contributed by atoms with Gasteiger partial charge in [-0.15, -0.1) is 5.11 Å². The molecule has 2 N–H and O–H groups in total. The van der Waals surface area contributed by atoms with E-state index in [0.717, 1.165) is 0 Å². The zero-order valence-corrected chi connectivity index (χ0v) is 10.3. The van der Waals surface area contributed by atoms with Crippen LogP contribution >= 0.6 is 0 Å². The second-order valence-electron chi connectivity index (χ2n) is 3.99. The molecule has 0 saturated carbocycles. The number of hydrogen-bond acceptors (Lipinski definition) is 5. The molecule has 2 aromatic carbocycles. The smallest absolute Gasteiger partial charge is 0.269 e. The van der Waals surface area contributed by atoms with Crippen LogP contribution in [0.5, 0.6) is 11.5 Å². The molecule has 20 heavy (non-hydrogen) atoms. The number of nitrogens with one attached hydrogen (secondary N) is 1. The third-order valence-corrected chi connectivity index (χ3v) is 2.61. The average molecular weight is 273 g/mol. The van der Waals surface area contributed by atoms with E-state index in [1.54, 1.807) is 12.1 Å². The summed E-state index contributed by atoms with van der Waals surface area (Å²) in [5.74, 6) is -0.751. The SMILES string of the molecule is O=[N+]([O-])c1ccc(N=[NH+]Cc2cccc(O)c2[O-])cc1. The Bertz CT molecular complexity index is 653. The summed E-state index contributed by atoms with van der Waals surface area (Å²) in [7, 11) is 0. The molecule has 2 aromatic rings. The highest BCUT2D eigenvalue weighted by molar-refractivity contribution is 5.43. The third kappa shape index (κ3) is 3.08. The predicted octanol–water partition coefficient (Wildman–Crippen LogP) is 0.738. The lowest BCUT2D eigenvalue weighted by molar-refractivity contribution is -0.545. The van der Waals surface area contributed by atoms with Crippen molar-refractivity contribution in [2.45, 2.75) is 6.54 Å². The van der Waals surface area contributed by atoms with Gasteiger partial charge in [0.25, 0.3) is 5.69 Å². The number of aromatic hydroxyl groups is 1. The number of phenolic OH excluding ortho intramolecular Hbond substituents is 1. The Labute approximate surface area is 114 Å². The molecule has 0 amide bonds. The highest BCUT2D eigenvalue weighted by atomic mass is 16.6. The van der Waals surface area contributed by atoms with E-state index in [-0.39, 0.29) is 18.0 Å². The van der Waals surface area contributed by atoms with Gasteiger partial charge in [-0.1, -0.05) is 17.9 Å². The number of nitrogens with zero attached hydrogens (tertiary/aromatic N) is 2. The van der Waals surface area contributed by atoms with Crippen LogP contribution in [0.1, 0.15) is 5.56 Å². The highest BCUT2D eigenvalue weighted by Gasteiger charge is 2.04. The van der Waals surface area contributed by atoms with E-state index in [4.69, 9.17) is 0 Å². The monoisotopic (exact) mass is 273 g/mol. The Morgan fingerprint density at radius 3 is 2.55 bits per heavy atom. The Morgan fingerprint density at radius 2 is 1.90 bits per heavy atom. The molecule has 0 unspecified atom stereocenters. The number of phenols is 1. The van der Waals surface area contributed by atoms with Gasteiger partial charge in [-0.25, -0.2) is 0 Å². The first-order chi connectivity index (χ1) is 9.58. The van der Waals surface area contributed by atoms with Crippen LogP contribution in [0.2, 0.25) is 0 Å². The Hall–Kier alpha value is -2.96. The van der Waals surface area contributed by atoms with Crippen LogP contribution in [-0.4, -0.2) is 10.0 Å². The fraction of sp³-hybridized carbons (Fsp3) is 0.0769. The fourth-order valence-corrected chi connectivity index (χ4v) is 1.58. The maximum Gasteiger partial charge on any atom is 0.269 e. The lowest BCUT2D eigenvalue weighted by Gasteiger charge is -2.10. The molecule has 7 heteroatoms. The van der Waals surface area contributed by atoms with Crippen LogP contribution in [0.4, 0.5) is 11.4 Å². The normalized spacial score (nSPS) is 10.8. The van der Waals surface area contributed by atoms with Crippen molar-refractivity contribution in [1.29, 1.82) is 0 Å². The van der Waals surface area contributed by atoms with Crippen molar-refractivity contribution >= 4 is 11.4 Å². The number of non-ortho nitro benzene ring substituents is 1. The first-order valence-electron chi connectivity index (χ1n) is 5.74. The number of hydrogen-bond donors (Lipinski definition) is 2. The minimum atomic E-state index is -0.492. The molecule has 7 nitrogen and oxygen atoms in total. The maximum atomic E-state index is 11.5. The van der Waals surface area contributed by atoms with Gasteiger partial charge in [0, 0.05) is 17.7 Å². The summed E-state index contributed by atoms with van der Waals surface area (Å²) in [6.45, 7) is 0.157. The molecule has 0 aliphatic carbocycles. The van der Waals surface area contributed by atoms with Crippen molar-refractivity contribution in [3.05, 3.63) is 58.1 Å².